The molecule has 2 aliphatic heterocycles. The Bertz CT molecular complexity index is 1220. The number of hydrogen-bond donors (Lipinski definition) is 1. The first-order valence-electron chi connectivity index (χ1n) is 13.0. The molecule has 1 N–H and O–H groups in total. The lowest BCUT2D eigenvalue weighted by molar-refractivity contribution is -0.133. The van der Waals surface area contributed by atoms with Crippen LogP contribution in [0.4, 0.5) is 0 Å². The van der Waals surface area contributed by atoms with Crippen LogP contribution in [0.1, 0.15) is 41.6 Å². The van der Waals surface area contributed by atoms with Crippen molar-refractivity contribution in [3.8, 4) is 11.3 Å². The van der Waals surface area contributed by atoms with Crippen LogP contribution in [0.15, 0.2) is 54.6 Å². The number of carboxylic acids is 1. The number of rotatable bonds is 7. The maximum Gasteiger partial charge on any atom is 0.336 e. The summed E-state index contributed by atoms with van der Waals surface area (Å²) in [6, 6.07) is 17.2. The molecule has 1 amide bonds. The van der Waals surface area contributed by atoms with Gasteiger partial charge in [-0.05, 0) is 32.0 Å². The molecule has 188 valence electrons. The smallest absolute Gasteiger partial charge is 0.336 e. The van der Waals surface area contributed by atoms with E-state index in [-0.39, 0.29) is 5.91 Å². The number of benzene rings is 2. The van der Waals surface area contributed by atoms with Gasteiger partial charge >= 0.3 is 5.97 Å². The molecule has 36 heavy (non-hydrogen) atoms. The molecule has 0 bridgehead atoms. The van der Waals surface area contributed by atoms with Gasteiger partial charge in [0.15, 0.2) is 0 Å². The van der Waals surface area contributed by atoms with Gasteiger partial charge in [0.05, 0.1) is 16.8 Å². The predicted molar refractivity (Wildman–Crippen MR) is 141 cm³/mol. The molecule has 3 heterocycles. The average Bonchev–Trinajstić information content (AvgIpc) is 2.92. The molecule has 0 unspecified atom stereocenters. The molecule has 7 nitrogen and oxygen atoms in total. The fourth-order valence-corrected chi connectivity index (χ4v) is 5.46. The number of carbonyl (C=O) groups excluding carboxylic acids is 1. The Morgan fingerprint density at radius 2 is 1.50 bits per heavy atom. The van der Waals surface area contributed by atoms with Crippen LogP contribution in [0, 0.1) is 0 Å². The molecule has 0 radical (unpaired) electrons. The number of aromatic carboxylic acids is 1. The fourth-order valence-electron chi connectivity index (χ4n) is 5.46. The minimum absolute atomic E-state index is 0.226. The SMILES string of the molecule is O=C(O)c1c(CN2CCN(C(=O)CCN3CCCCC3)CC2)c(-c2ccccc2)nc2ccccc12. The number of aromatic nitrogens is 1. The average molecular weight is 487 g/mol. The standard InChI is InChI=1S/C29H34N4O3/c34-26(13-16-31-14-7-2-8-15-31)33-19-17-32(18-20-33)21-24-27(29(35)36)23-11-5-6-12-25(23)30-28(24)22-9-3-1-4-10-22/h1,3-6,9-12H,2,7-8,13-21H2,(H,35,36). The second kappa shape index (κ2) is 11.2. The molecule has 0 atom stereocenters. The van der Waals surface area contributed by atoms with Crippen molar-refractivity contribution in [1.82, 2.24) is 19.7 Å². The summed E-state index contributed by atoms with van der Waals surface area (Å²) in [5.41, 5.74) is 3.36. The Kier molecular flexibility index (Phi) is 7.58. The van der Waals surface area contributed by atoms with E-state index in [4.69, 9.17) is 4.98 Å². The largest absolute Gasteiger partial charge is 0.478 e. The topological polar surface area (TPSA) is 77.0 Å². The molecular formula is C29H34N4O3. The molecule has 2 fully saturated rings. The molecule has 2 aliphatic rings. The van der Waals surface area contributed by atoms with Crippen LogP contribution in [0.5, 0.6) is 0 Å². The van der Waals surface area contributed by atoms with Crippen LogP contribution in [0.2, 0.25) is 0 Å². The van der Waals surface area contributed by atoms with Gasteiger partial charge in [-0.1, -0.05) is 55.0 Å². The van der Waals surface area contributed by atoms with E-state index in [2.05, 4.69) is 9.80 Å². The minimum atomic E-state index is -0.938. The number of piperidine rings is 1. The van der Waals surface area contributed by atoms with Gasteiger partial charge in [-0.3, -0.25) is 9.69 Å². The van der Waals surface area contributed by atoms with Crippen molar-refractivity contribution in [1.29, 1.82) is 0 Å². The number of hydrogen-bond acceptors (Lipinski definition) is 5. The van der Waals surface area contributed by atoms with Gasteiger partial charge in [0, 0.05) is 62.2 Å². The second-order valence-corrected chi connectivity index (χ2v) is 9.81. The van der Waals surface area contributed by atoms with Crippen LogP contribution in [-0.4, -0.2) is 82.5 Å². The first-order valence-corrected chi connectivity index (χ1v) is 13.0. The Morgan fingerprint density at radius 1 is 0.806 bits per heavy atom. The Balaban J connectivity index is 1.33. The molecule has 3 aromatic rings. The molecule has 2 aromatic carbocycles. The highest BCUT2D eigenvalue weighted by Crippen LogP contribution is 2.31. The van der Waals surface area contributed by atoms with Crippen molar-refractivity contribution >= 4 is 22.8 Å². The van der Waals surface area contributed by atoms with E-state index < -0.39 is 5.97 Å². The van der Waals surface area contributed by atoms with Gasteiger partial charge < -0.3 is 14.9 Å². The number of piperazine rings is 1. The van der Waals surface area contributed by atoms with Gasteiger partial charge in [0.2, 0.25) is 5.91 Å². The van der Waals surface area contributed by atoms with E-state index >= 15 is 0 Å². The lowest BCUT2D eigenvalue weighted by Gasteiger charge is -2.36. The van der Waals surface area contributed by atoms with Gasteiger partial charge in [0.25, 0.3) is 0 Å². The monoisotopic (exact) mass is 486 g/mol. The van der Waals surface area contributed by atoms with Crippen molar-refractivity contribution in [2.24, 2.45) is 0 Å². The van der Waals surface area contributed by atoms with E-state index in [0.29, 0.717) is 48.2 Å². The summed E-state index contributed by atoms with van der Waals surface area (Å²) >= 11 is 0. The van der Waals surface area contributed by atoms with Gasteiger partial charge in [0.1, 0.15) is 0 Å². The highest BCUT2D eigenvalue weighted by molar-refractivity contribution is 6.05. The van der Waals surface area contributed by atoms with E-state index in [1.165, 1.54) is 19.3 Å². The molecular weight excluding hydrogens is 452 g/mol. The molecule has 1 aromatic heterocycles. The molecule has 0 aliphatic carbocycles. The quantitative estimate of drug-likeness (QED) is 0.541. The zero-order chi connectivity index (χ0) is 24.9. The van der Waals surface area contributed by atoms with Crippen LogP contribution in [-0.2, 0) is 11.3 Å². The first-order chi connectivity index (χ1) is 17.6. The van der Waals surface area contributed by atoms with Gasteiger partial charge in [-0.2, -0.15) is 0 Å². The number of carboxylic acid groups (broad SMARTS) is 1. The molecule has 5 rings (SSSR count). The van der Waals surface area contributed by atoms with E-state index in [1.54, 1.807) is 0 Å². The highest BCUT2D eigenvalue weighted by Gasteiger charge is 2.26. The summed E-state index contributed by atoms with van der Waals surface area (Å²) in [7, 11) is 0. The molecule has 7 heteroatoms. The van der Waals surface area contributed by atoms with Crippen LogP contribution in [0.25, 0.3) is 22.2 Å². The second-order valence-electron chi connectivity index (χ2n) is 9.81. The van der Waals surface area contributed by atoms with Crippen LogP contribution in [0.3, 0.4) is 0 Å². The normalized spacial score (nSPS) is 17.4. The lowest BCUT2D eigenvalue weighted by atomic mass is 9.96. The summed E-state index contributed by atoms with van der Waals surface area (Å²) < 4.78 is 0. The zero-order valence-corrected chi connectivity index (χ0v) is 20.7. The van der Waals surface area contributed by atoms with E-state index in [0.717, 1.165) is 43.9 Å². The Morgan fingerprint density at radius 3 is 2.22 bits per heavy atom. The van der Waals surface area contributed by atoms with Crippen molar-refractivity contribution in [2.75, 3.05) is 45.8 Å². The maximum atomic E-state index is 12.8. The number of likely N-dealkylation sites (tertiary alicyclic amines) is 1. The van der Waals surface area contributed by atoms with Gasteiger partial charge in [-0.15, -0.1) is 0 Å². The molecule has 0 saturated carbocycles. The summed E-state index contributed by atoms with van der Waals surface area (Å²) in [4.78, 5) is 36.9. The minimum Gasteiger partial charge on any atom is -0.478 e. The van der Waals surface area contributed by atoms with E-state index in [9.17, 15) is 14.7 Å². The van der Waals surface area contributed by atoms with Crippen molar-refractivity contribution in [3.05, 3.63) is 65.7 Å². The number of para-hydroxylation sites is 1. The number of carbonyl (C=O) groups is 2. The fraction of sp³-hybridized carbons (Fsp3) is 0.414. The van der Waals surface area contributed by atoms with Gasteiger partial charge in [-0.25, -0.2) is 9.78 Å². The summed E-state index contributed by atoms with van der Waals surface area (Å²) in [6.07, 6.45) is 4.35. The molecule has 0 spiro atoms. The van der Waals surface area contributed by atoms with Crippen LogP contribution >= 0.6 is 0 Å². The Hall–Kier alpha value is -3.29. The third kappa shape index (κ3) is 5.42. The Labute approximate surface area is 212 Å². The van der Waals surface area contributed by atoms with Crippen molar-refractivity contribution in [2.45, 2.75) is 32.2 Å². The third-order valence-corrected chi connectivity index (χ3v) is 7.45. The summed E-state index contributed by atoms with van der Waals surface area (Å²) in [5, 5.41) is 10.9. The number of fused-ring (bicyclic) bond motifs is 1. The lowest BCUT2D eigenvalue weighted by Crippen LogP contribution is -2.49. The summed E-state index contributed by atoms with van der Waals surface area (Å²) in [5.74, 6) is -0.712. The number of nitrogens with zero attached hydrogens (tertiary/aromatic N) is 4. The van der Waals surface area contributed by atoms with Crippen LogP contribution < -0.4 is 0 Å². The highest BCUT2D eigenvalue weighted by atomic mass is 16.4. The maximum absolute atomic E-state index is 12.8. The predicted octanol–water partition coefficient (Wildman–Crippen LogP) is 4.12. The van der Waals surface area contributed by atoms with Crippen molar-refractivity contribution < 1.29 is 14.7 Å². The van der Waals surface area contributed by atoms with E-state index in [1.807, 2.05) is 59.5 Å². The van der Waals surface area contributed by atoms with Crippen molar-refractivity contribution in [3.63, 3.8) is 0 Å². The zero-order valence-electron chi connectivity index (χ0n) is 20.7. The number of pyridine rings is 1. The number of amides is 1. The summed E-state index contributed by atoms with van der Waals surface area (Å²) in [6.45, 7) is 6.33. The third-order valence-electron chi connectivity index (χ3n) is 7.45. The molecule has 2 saturated heterocycles. The first kappa shape index (κ1) is 24.4.